The molecule has 3 rings (SSSR count). The average Bonchev–Trinajstić information content (AvgIpc) is 3.15. The second-order valence-electron chi connectivity index (χ2n) is 7.25. The molecule has 1 heterocycles. The molecule has 7 nitrogen and oxygen atoms in total. The van der Waals surface area contributed by atoms with E-state index >= 15 is 0 Å². The maximum atomic E-state index is 12.9. The Balaban J connectivity index is 1.92. The number of fused-ring (bicyclic) bond motifs is 1. The van der Waals surface area contributed by atoms with Crippen LogP contribution in [0.25, 0.3) is 10.2 Å². The molecule has 0 radical (unpaired) electrons. The number of hydrogen-bond acceptors (Lipinski definition) is 5. The van der Waals surface area contributed by atoms with Gasteiger partial charge >= 0.3 is 0 Å². The summed E-state index contributed by atoms with van der Waals surface area (Å²) < 4.78 is 35.5. The van der Waals surface area contributed by atoms with Crippen molar-refractivity contribution in [3.05, 3.63) is 52.8 Å². The number of amides is 1. The smallest absolute Gasteiger partial charge is 0.279 e. The number of methoxy groups -OCH3 is 1. The van der Waals surface area contributed by atoms with Crippen LogP contribution in [0.3, 0.4) is 0 Å². The van der Waals surface area contributed by atoms with Crippen molar-refractivity contribution in [3.8, 4) is 5.75 Å². The molecule has 1 aromatic heterocycles. The van der Waals surface area contributed by atoms with E-state index < -0.39 is 15.9 Å². The van der Waals surface area contributed by atoms with Gasteiger partial charge in [0.05, 0.1) is 22.2 Å². The van der Waals surface area contributed by atoms with Crippen molar-refractivity contribution < 1.29 is 17.9 Å². The van der Waals surface area contributed by atoms with Crippen LogP contribution in [0.15, 0.2) is 52.4 Å². The van der Waals surface area contributed by atoms with E-state index in [9.17, 15) is 13.2 Å². The third-order valence-corrected chi connectivity index (χ3v) is 8.29. The second-order valence-corrected chi connectivity index (χ2v) is 10.2. The number of benzene rings is 2. The normalized spacial score (nSPS) is 12.6. The minimum absolute atomic E-state index is 0.185. The number of unbranched alkanes of at least 4 members (excludes halogenated alkanes) is 1. The molecule has 0 atom stereocenters. The number of hydrogen-bond donors (Lipinski definition) is 0. The third-order valence-electron chi connectivity index (χ3n) is 5.26. The van der Waals surface area contributed by atoms with Crippen LogP contribution in [0.1, 0.15) is 44.0 Å². The van der Waals surface area contributed by atoms with Crippen molar-refractivity contribution in [3.63, 3.8) is 0 Å². The van der Waals surface area contributed by atoms with Gasteiger partial charge in [-0.05, 0) is 55.8 Å². The summed E-state index contributed by atoms with van der Waals surface area (Å²) in [5.74, 6) is 0.338. The van der Waals surface area contributed by atoms with Crippen LogP contribution < -0.4 is 9.54 Å². The Morgan fingerprint density at radius 1 is 1.12 bits per heavy atom. The number of ether oxygens (including phenoxy) is 1. The van der Waals surface area contributed by atoms with E-state index in [4.69, 9.17) is 4.74 Å². The Morgan fingerprint density at radius 2 is 1.84 bits per heavy atom. The number of nitrogens with zero attached hydrogens (tertiary/aromatic N) is 3. The molecule has 9 heteroatoms. The highest BCUT2D eigenvalue weighted by Crippen LogP contribution is 2.23. The number of carbonyl (C=O) groups is 1. The molecule has 1 amide bonds. The fraction of sp³-hybridized carbons (Fsp3) is 0.391. The minimum atomic E-state index is -3.58. The predicted octanol–water partition coefficient (Wildman–Crippen LogP) is 4.28. The average molecular weight is 476 g/mol. The first-order valence-electron chi connectivity index (χ1n) is 10.7. The summed E-state index contributed by atoms with van der Waals surface area (Å²) in [7, 11) is -1.97. The van der Waals surface area contributed by atoms with Crippen molar-refractivity contribution in [1.82, 2.24) is 8.87 Å². The largest absolute Gasteiger partial charge is 0.497 e. The highest BCUT2D eigenvalue weighted by Gasteiger charge is 2.22. The first kappa shape index (κ1) is 24.2. The van der Waals surface area contributed by atoms with E-state index in [0.29, 0.717) is 30.0 Å². The third kappa shape index (κ3) is 4.95. The van der Waals surface area contributed by atoms with Gasteiger partial charge in [-0.3, -0.25) is 4.79 Å². The zero-order valence-electron chi connectivity index (χ0n) is 18.9. The molecule has 0 aliphatic heterocycles. The van der Waals surface area contributed by atoms with Gasteiger partial charge in [0.25, 0.3) is 5.91 Å². The van der Waals surface area contributed by atoms with Gasteiger partial charge in [0, 0.05) is 25.2 Å². The molecule has 0 aliphatic carbocycles. The summed E-state index contributed by atoms with van der Waals surface area (Å²) in [6.07, 6.45) is 1.73. The number of rotatable bonds is 9. The standard InChI is InChI=1S/C23H29N3O4S2/c1-5-8-15-25(6-2)32(28,29)19-12-9-17(10-13-19)22(27)24-23-26(7-3)20-14-11-18(30-4)16-21(20)31-23/h9-14,16H,5-8,15H2,1-4H3. The van der Waals surface area contributed by atoms with Crippen LogP contribution in [0.5, 0.6) is 5.75 Å². The van der Waals surface area contributed by atoms with Crippen molar-refractivity contribution >= 4 is 37.5 Å². The molecule has 172 valence electrons. The molecule has 2 aromatic carbocycles. The SMILES string of the molecule is CCCCN(CC)S(=O)(=O)c1ccc(C(=O)N=c2sc3cc(OC)ccc3n2CC)cc1. The summed E-state index contributed by atoms with van der Waals surface area (Å²) in [5, 5.41) is 0. The molecular weight excluding hydrogens is 446 g/mol. The van der Waals surface area contributed by atoms with E-state index in [1.807, 2.05) is 43.5 Å². The van der Waals surface area contributed by atoms with E-state index in [2.05, 4.69) is 4.99 Å². The summed E-state index contributed by atoms with van der Waals surface area (Å²) in [6.45, 7) is 7.41. The van der Waals surface area contributed by atoms with Gasteiger partial charge < -0.3 is 9.30 Å². The monoisotopic (exact) mass is 475 g/mol. The zero-order valence-corrected chi connectivity index (χ0v) is 20.5. The van der Waals surface area contributed by atoms with Crippen LogP contribution in [0.4, 0.5) is 0 Å². The lowest BCUT2D eigenvalue weighted by molar-refractivity contribution is 0.0997. The lowest BCUT2D eigenvalue weighted by Gasteiger charge is -2.20. The highest BCUT2D eigenvalue weighted by atomic mass is 32.2. The number of thiazole rings is 1. The van der Waals surface area contributed by atoms with Crippen LogP contribution in [-0.4, -0.2) is 43.4 Å². The molecular formula is C23H29N3O4S2. The van der Waals surface area contributed by atoms with Gasteiger partial charge in [-0.1, -0.05) is 31.6 Å². The van der Waals surface area contributed by atoms with Crippen LogP contribution in [0, 0.1) is 0 Å². The number of aromatic nitrogens is 1. The Morgan fingerprint density at radius 3 is 2.44 bits per heavy atom. The van der Waals surface area contributed by atoms with Gasteiger partial charge in [-0.2, -0.15) is 9.30 Å². The van der Waals surface area contributed by atoms with Gasteiger partial charge in [-0.15, -0.1) is 0 Å². The fourth-order valence-electron chi connectivity index (χ4n) is 3.42. The number of sulfonamides is 1. The first-order valence-corrected chi connectivity index (χ1v) is 13.0. The molecule has 0 aliphatic rings. The van der Waals surface area contributed by atoms with Crippen molar-refractivity contribution in [2.24, 2.45) is 4.99 Å². The molecule has 0 bridgehead atoms. The molecule has 0 fully saturated rings. The Labute approximate surface area is 193 Å². The van der Waals surface area contributed by atoms with Gasteiger partial charge in [-0.25, -0.2) is 8.42 Å². The number of aryl methyl sites for hydroxylation is 1. The van der Waals surface area contributed by atoms with E-state index in [1.165, 1.54) is 39.9 Å². The van der Waals surface area contributed by atoms with Gasteiger partial charge in [0.2, 0.25) is 10.0 Å². The van der Waals surface area contributed by atoms with E-state index in [-0.39, 0.29) is 4.90 Å². The van der Waals surface area contributed by atoms with E-state index in [0.717, 1.165) is 28.8 Å². The topological polar surface area (TPSA) is 81.0 Å². The van der Waals surface area contributed by atoms with Crippen molar-refractivity contribution in [1.29, 1.82) is 0 Å². The Bertz CT molecular complexity index is 1260. The Kier molecular flexibility index (Phi) is 7.86. The molecule has 0 unspecified atom stereocenters. The van der Waals surface area contributed by atoms with E-state index in [1.54, 1.807) is 7.11 Å². The quantitative estimate of drug-likeness (QED) is 0.463. The fourth-order valence-corrected chi connectivity index (χ4v) is 6.03. The first-order chi connectivity index (χ1) is 15.3. The molecule has 32 heavy (non-hydrogen) atoms. The predicted molar refractivity (Wildman–Crippen MR) is 128 cm³/mol. The van der Waals surface area contributed by atoms with Crippen molar-refractivity contribution in [2.45, 2.75) is 45.1 Å². The maximum absolute atomic E-state index is 12.9. The van der Waals surface area contributed by atoms with Gasteiger partial charge in [0.15, 0.2) is 4.80 Å². The summed E-state index contributed by atoms with van der Waals surface area (Å²) in [4.78, 5) is 17.9. The van der Waals surface area contributed by atoms with Crippen LogP contribution >= 0.6 is 11.3 Å². The molecule has 0 saturated heterocycles. The number of carbonyl (C=O) groups excluding carboxylic acids is 1. The summed E-state index contributed by atoms with van der Waals surface area (Å²) in [5.41, 5.74) is 1.33. The molecule has 0 spiro atoms. The lowest BCUT2D eigenvalue weighted by Crippen LogP contribution is -2.31. The minimum Gasteiger partial charge on any atom is -0.497 e. The Hall–Kier alpha value is -2.49. The lowest BCUT2D eigenvalue weighted by atomic mass is 10.2. The van der Waals surface area contributed by atoms with Crippen LogP contribution in [-0.2, 0) is 16.6 Å². The maximum Gasteiger partial charge on any atom is 0.279 e. The zero-order chi connectivity index (χ0) is 23.3. The summed E-state index contributed by atoms with van der Waals surface area (Å²) >= 11 is 1.42. The van der Waals surface area contributed by atoms with Gasteiger partial charge in [0.1, 0.15) is 5.75 Å². The van der Waals surface area contributed by atoms with Crippen LogP contribution in [0.2, 0.25) is 0 Å². The molecule has 3 aromatic rings. The second kappa shape index (κ2) is 10.4. The molecule has 0 saturated carbocycles. The summed E-state index contributed by atoms with van der Waals surface area (Å²) in [6, 6.07) is 11.8. The van der Waals surface area contributed by atoms with Crippen molar-refractivity contribution in [2.75, 3.05) is 20.2 Å². The highest BCUT2D eigenvalue weighted by molar-refractivity contribution is 7.89. The molecule has 0 N–H and O–H groups in total.